The Morgan fingerprint density at radius 1 is 1.08 bits per heavy atom. The molecule has 2 N–H and O–H groups in total. The van der Waals surface area contributed by atoms with Crippen LogP contribution in [0.3, 0.4) is 0 Å². The highest BCUT2D eigenvalue weighted by Crippen LogP contribution is 2.23. The monoisotopic (exact) mass is 318 g/mol. The number of nitrogens with zero attached hydrogens (tertiary/aromatic N) is 2. The highest BCUT2D eigenvalue weighted by molar-refractivity contribution is 5.96. The second-order valence-corrected chi connectivity index (χ2v) is 5.38. The summed E-state index contributed by atoms with van der Waals surface area (Å²) in [6.07, 6.45) is 3.19. The number of rotatable bonds is 5. The maximum Gasteiger partial charge on any atom is 0.262 e. The molecule has 0 saturated carbocycles. The van der Waals surface area contributed by atoms with Gasteiger partial charge in [-0.1, -0.05) is 42.5 Å². The molecule has 3 rings (SSSR count). The molecule has 1 amide bonds. The first kappa shape index (κ1) is 15.7. The van der Waals surface area contributed by atoms with Gasteiger partial charge in [-0.05, 0) is 30.5 Å². The lowest BCUT2D eigenvalue weighted by Gasteiger charge is -2.15. The number of hydrazone groups is 1. The predicted octanol–water partition coefficient (Wildman–Crippen LogP) is 3.19. The van der Waals surface area contributed by atoms with E-state index in [1.165, 1.54) is 6.21 Å². The molecule has 2 aromatic carbocycles. The third-order valence-corrected chi connectivity index (χ3v) is 3.61. The first-order valence-electron chi connectivity index (χ1n) is 7.72. The molecule has 1 atom stereocenters. The van der Waals surface area contributed by atoms with Gasteiger partial charge in [0.25, 0.3) is 5.91 Å². The van der Waals surface area contributed by atoms with Crippen molar-refractivity contribution < 1.29 is 4.79 Å². The zero-order valence-corrected chi connectivity index (χ0v) is 13.3. The Balaban J connectivity index is 1.64. The van der Waals surface area contributed by atoms with Gasteiger partial charge in [0, 0.05) is 17.3 Å². The van der Waals surface area contributed by atoms with E-state index in [0.29, 0.717) is 5.69 Å². The third kappa shape index (κ3) is 3.76. The number of nitrogens with one attached hydrogen (secondary N) is 2. The van der Waals surface area contributed by atoms with Crippen LogP contribution < -0.4 is 10.7 Å². The predicted molar refractivity (Wildman–Crippen MR) is 97.0 cm³/mol. The number of benzene rings is 2. The Labute approximate surface area is 140 Å². The van der Waals surface area contributed by atoms with Crippen molar-refractivity contribution >= 4 is 28.6 Å². The van der Waals surface area contributed by atoms with E-state index in [-0.39, 0.29) is 5.91 Å². The van der Waals surface area contributed by atoms with Crippen LogP contribution in [0, 0.1) is 0 Å². The van der Waals surface area contributed by atoms with Crippen LogP contribution in [0.1, 0.15) is 12.6 Å². The summed E-state index contributed by atoms with van der Waals surface area (Å²) in [6.45, 7) is 1.80. The number of aromatic nitrogens is 1. The standard InChI is InChI=1S/C19H18N4O/c1-14(19(24)23-21-13-16-9-4-5-12-20-16)22-18-11-6-8-15-7-2-3-10-17(15)18/h2-14,22H,1H3,(H,23,24)/b21-13-/t14-/m1/s1. The molecule has 120 valence electrons. The maximum atomic E-state index is 12.2. The summed E-state index contributed by atoms with van der Waals surface area (Å²) in [4.78, 5) is 16.3. The number of anilines is 1. The molecular weight excluding hydrogens is 300 g/mol. The number of carbonyl (C=O) groups excluding carboxylic acids is 1. The summed E-state index contributed by atoms with van der Waals surface area (Å²) in [7, 11) is 0. The SMILES string of the molecule is C[C@@H](Nc1cccc2ccccc12)C(=O)N/N=C\c1ccccn1. The molecule has 0 bridgehead atoms. The molecule has 0 aliphatic rings. The Bertz CT molecular complexity index is 856. The van der Waals surface area contributed by atoms with Crippen molar-refractivity contribution in [2.24, 2.45) is 5.10 Å². The van der Waals surface area contributed by atoms with Gasteiger partial charge in [-0.25, -0.2) is 5.43 Å². The van der Waals surface area contributed by atoms with Crippen molar-refractivity contribution in [1.82, 2.24) is 10.4 Å². The minimum absolute atomic E-state index is 0.213. The number of fused-ring (bicyclic) bond motifs is 1. The van der Waals surface area contributed by atoms with Gasteiger partial charge in [-0.3, -0.25) is 9.78 Å². The van der Waals surface area contributed by atoms with Gasteiger partial charge in [0.2, 0.25) is 0 Å². The van der Waals surface area contributed by atoms with Gasteiger partial charge in [-0.2, -0.15) is 5.10 Å². The largest absolute Gasteiger partial charge is 0.373 e. The number of carbonyl (C=O) groups is 1. The highest BCUT2D eigenvalue weighted by Gasteiger charge is 2.12. The summed E-state index contributed by atoms with van der Waals surface area (Å²) >= 11 is 0. The van der Waals surface area contributed by atoms with Gasteiger partial charge >= 0.3 is 0 Å². The molecule has 0 aliphatic heterocycles. The number of pyridine rings is 1. The lowest BCUT2D eigenvalue weighted by molar-refractivity contribution is -0.121. The van der Waals surface area contributed by atoms with E-state index >= 15 is 0 Å². The van der Waals surface area contributed by atoms with Crippen LogP contribution in [0.5, 0.6) is 0 Å². The Kier molecular flexibility index (Phi) is 4.81. The van der Waals surface area contributed by atoms with Gasteiger partial charge in [0.1, 0.15) is 6.04 Å². The fourth-order valence-electron chi connectivity index (χ4n) is 2.36. The van der Waals surface area contributed by atoms with Gasteiger partial charge in [0.05, 0.1) is 11.9 Å². The van der Waals surface area contributed by atoms with E-state index in [9.17, 15) is 4.79 Å². The molecule has 1 aromatic heterocycles. The molecule has 0 aliphatic carbocycles. The van der Waals surface area contributed by atoms with Crippen molar-refractivity contribution in [2.75, 3.05) is 5.32 Å². The summed E-state index contributed by atoms with van der Waals surface area (Å²) in [5.74, 6) is -0.213. The molecule has 0 fully saturated rings. The van der Waals surface area contributed by atoms with Gasteiger partial charge in [-0.15, -0.1) is 0 Å². The molecule has 0 unspecified atom stereocenters. The Morgan fingerprint density at radius 3 is 2.71 bits per heavy atom. The molecule has 5 nitrogen and oxygen atoms in total. The fourth-order valence-corrected chi connectivity index (χ4v) is 2.36. The van der Waals surface area contributed by atoms with Crippen LogP contribution >= 0.6 is 0 Å². The van der Waals surface area contributed by atoms with E-state index in [1.807, 2.05) is 60.7 Å². The number of hydrogen-bond acceptors (Lipinski definition) is 4. The zero-order chi connectivity index (χ0) is 16.8. The molecular formula is C19H18N4O. The topological polar surface area (TPSA) is 66.4 Å². The Hall–Kier alpha value is -3.21. The van der Waals surface area contributed by atoms with E-state index in [2.05, 4.69) is 20.8 Å². The van der Waals surface area contributed by atoms with E-state index in [1.54, 1.807) is 13.1 Å². The minimum atomic E-state index is -0.420. The highest BCUT2D eigenvalue weighted by atomic mass is 16.2. The minimum Gasteiger partial charge on any atom is -0.373 e. The van der Waals surface area contributed by atoms with E-state index in [0.717, 1.165) is 16.5 Å². The molecule has 0 radical (unpaired) electrons. The van der Waals surface area contributed by atoms with Crippen LogP contribution in [0.4, 0.5) is 5.69 Å². The van der Waals surface area contributed by atoms with Gasteiger partial charge < -0.3 is 5.32 Å². The quantitative estimate of drug-likeness (QED) is 0.561. The molecule has 24 heavy (non-hydrogen) atoms. The number of amides is 1. The van der Waals surface area contributed by atoms with Crippen LogP contribution in [0.25, 0.3) is 10.8 Å². The van der Waals surface area contributed by atoms with E-state index < -0.39 is 6.04 Å². The first-order chi connectivity index (χ1) is 11.7. The summed E-state index contributed by atoms with van der Waals surface area (Å²) in [5, 5.41) is 9.38. The van der Waals surface area contributed by atoms with Crippen molar-refractivity contribution in [2.45, 2.75) is 13.0 Å². The summed E-state index contributed by atoms with van der Waals surface area (Å²) in [5.41, 5.74) is 4.14. The van der Waals surface area contributed by atoms with Gasteiger partial charge in [0.15, 0.2) is 0 Å². The average molecular weight is 318 g/mol. The van der Waals surface area contributed by atoms with Crippen molar-refractivity contribution in [3.8, 4) is 0 Å². The lowest BCUT2D eigenvalue weighted by Crippen LogP contribution is -2.35. The van der Waals surface area contributed by atoms with Crippen LogP contribution in [-0.4, -0.2) is 23.1 Å². The molecule has 3 aromatic rings. The fraction of sp³-hybridized carbons (Fsp3) is 0.105. The second-order valence-electron chi connectivity index (χ2n) is 5.38. The average Bonchev–Trinajstić information content (AvgIpc) is 2.63. The smallest absolute Gasteiger partial charge is 0.262 e. The molecule has 1 heterocycles. The van der Waals surface area contributed by atoms with Crippen LogP contribution in [0.15, 0.2) is 72.0 Å². The normalized spacial score (nSPS) is 12.2. The Morgan fingerprint density at radius 2 is 1.88 bits per heavy atom. The second kappa shape index (κ2) is 7.37. The first-order valence-corrected chi connectivity index (χ1v) is 7.72. The zero-order valence-electron chi connectivity index (χ0n) is 13.3. The van der Waals surface area contributed by atoms with E-state index in [4.69, 9.17) is 0 Å². The lowest BCUT2D eigenvalue weighted by atomic mass is 10.1. The summed E-state index contributed by atoms with van der Waals surface area (Å²) < 4.78 is 0. The maximum absolute atomic E-state index is 12.2. The van der Waals surface area contributed by atoms with Crippen LogP contribution in [0.2, 0.25) is 0 Å². The third-order valence-electron chi connectivity index (χ3n) is 3.61. The van der Waals surface area contributed by atoms with Crippen molar-refractivity contribution in [3.63, 3.8) is 0 Å². The molecule has 0 spiro atoms. The number of hydrogen-bond donors (Lipinski definition) is 2. The molecule has 0 saturated heterocycles. The molecule has 5 heteroatoms. The van der Waals surface area contributed by atoms with Crippen molar-refractivity contribution in [3.05, 3.63) is 72.6 Å². The summed E-state index contributed by atoms with van der Waals surface area (Å²) in [6, 6.07) is 19.1. The van der Waals surface area contributed by atoms with Crippen LogP contribution in [-0.2, 0) is 4.79 Å². The van der Waals surface area contributed by atoms with Crippen molar-refractivity contribution in [1.29, 1.82) is 0 Å².